The number of halogens is 1. The predicted molar refractivity (Wildman–Crippen MR) is 124 cm³/mol. The van der Waals surface area contributed by atoms with Crippen LogP contribution in [-0.4, -0.2) is 35.8 Å². The molecule has 1 aliphatic rings. The van der Waals surface area contributed by atoms with Gasteiger partial charge in [-0.1, -0.05) is 35.9 Å². The molecule has 1 N–H and O–H groups in total. The summed E-state index contributed by atoms with van der Waals surface area (Å²) in [7, 11) is 0. The topological polar surface area (TPSA) is 67.3 Å². The van der Waals surface area contributed by atoms with Crippen LogP contribution in [0.2, 0.25) is 5.02 Å². The smallest absolute Gasteiger partial charge is 0.227 e. The average molecular weight is 437 g/mol. The molecule has 0 spiro atoms. The zero-order valence-corrected chi connectivity index (χ0v) is 18.2. The Bertz CT molecular complexity index is 1020. The first-order chi connectivity index (χ1) is 15.1. The number of amides is 1. The molecule has 6 nitrogen and oxygen atoms in total. The standard InChI is InChI=1S/C24H25ClN4O2/c1-2-31-22-6-4-3-5-21(22)26-24(30)18-13-15-29(16-14-18)23-12-11-20(27-28-23)17-7-9-19(25)10-8-17/h3-12,18H,2,13-16H2,1H3,(H,26,30). The van der Waals surface area contributed by atoms with Gasteiger partial charge in [0.05, 0.1) is 18.0 Å². The number of hydrogen-bond donors (Lipinski definition) is 1. The molecule has 160 valence electrons. The van der Waals surface area contributed by atoms with Crippen molar-refractivity contribution in [1.29, 1.82) is 0 Å². The number of rotatable bonds is 6. The Morgan fingerprint density at radius 2 is 1.81 bits per heavy atom. The van der Waals surface area contributed by atoms with Gasteiger partial charge in [0.1, 0.15) is 5.75 Å². The Hall–Kier alpha value is -3.12. The number of anilines is 2. The van der Waals surface area contributed by atoms with Crippen LogP contribution in [0.1, 0.15) is 19.8 Å². The van der Waals surface area contributed by atoms with Crippen LogP contribution in [0.25, 0.3) is 11.3 Å². The van der Waals surface area contributed by atoms with Crippen molar-refractivity contribution >= 4 is 29.0 Å². The fourth-order valence-corrected chi connectivity index (χ4v) is 3.85. The lowest BCUT2D eigenvalue weighted by Gasteiger charge is -2.32. The highest BCUT2D eigenvalue weighted by atomic mass is 35.5. The number of carbonyl (C=O) groups excluding carboxylic acids is 1. The molecule has 31 heavy (non-hydrogen) atoms. The number of carbonyl (C=O) groups is 1. The molecule has 0 bridgehead atoms. The second-order valence-electron chi connectivity index (χ2n) is 7.46. The van der Waals surface area contributed by atoms with Gasteiger partial charge in [0.2, 0.25) is 5.91 Å². The molecule has 1 fully saturated rings. The monoisotopic (exact) mass is 436 g/mol. The van der Waals surface area contributed by atoms with Crippen LogP contribution < -0.4 is 15.0 Å². The number of hydrogen-bond acceptors (Lipinski definition) is 5. The van der Waals surface area contributed by atoms with Gasteiger partial charge < -0.3 is 15.0 Å². The summed E-state index contributed by atoms with van der Waals surface area (Å²) in [6.45, 7) is 4.02. The minimum Gasteiger partial charge on any atom is -0.492 e. The molecule has 1 aromatic heterocycles. The maximum atomic E-state index is 12.8. The van der Waals surface area contributed by atoms with E-state index in [1.165, 1.54) is 0 Å². The summed E-state index contributed by atoms with van der Waals surface area (Å²) in [6.07, 6.45) is 1.53. The van der Waals surface area contributed by atoms with Gasteiger partial charge >= 0.3 is 0 Å². The zero-order chi connectivity index (χ0) is 21.6. The normalized spacial score (nSPS) is 14.3. The first-order valence-corrected chi connectivity index (χ1v) is 10.9. The Morgan fingerprint density at radius 3 is 2.48 bits per heavy atom. The Labute approximate surface area is 187 Å². The van der Waals surface area contributed by atoms with Crippen molar-refractivity contribution in [3.63, 3.8) is 0 Å². The Morgan fingerprint density at radius 1 is 1.06 bits per heavy atom. The Kier molecular flexibility index (Phi) is 6.67. The first kappa shape index (κ1) is 21.1. The molecule has 2 heterocycles. The number of para-hydroxylation sites is 2. The molecule has 0 radical (unpaired) electrons. The summed E-state index contributed by atoms with van der Waals surface area (Å²) in [5, 5.41) is 12.5. The van der Waals surface area contributed by atoms with E-state index in [0.717, 1.165) is 48.7 Å². The van der Waals surface area contributed by atoms with Gasteiger partial charge in [0.15, 0.2) is 5.82 Å². The van der Waals surface area contributed by atoms with Crippen molar-refractivity contribution in [2.75, 3.05) is 29.9 Å². The van der Waals surface area contributed by atoms with Gasteiger partial charge in [-0.15, -0.1) is 10.2 Å². The van der Waals surface area contributed by atoms with Gasteiger partial charge in [-0.05, 0) is 56.2 Å². The first-order valence-electron chi connectivity index (χ1n) is 10.5. The molecule has 1 aliphatic heterocycles. The minimum absolute atomic E-state index is 0.0350. The van der Waals surface area contributed by atoms with Crippen molar-refractivity contribution in [2.45, 2.75) is 19.8 Å². The summed E-state index contributed by atoms with van der Waals surface area (Å²) < 4.78 is 5.60. The third-order valence-electron chi connectivity index (χ3n) is 5.42. The number of nitrogens with zero attached hydrogens (tertiary/aromatic N) is 3. The molecular formula is C24H25ClN4O2. The molecule has 2 aromatic carbocycles. The molecule has 0 aliphatic carbocycles. The van der Waals surface area contributed by atoms with E-state index in [0.29, 0.717) is 17.4 Å². The van der Waals surface area contributed by atoms with Crippen LogP contribution in [0.4, 0.5) is 11.5 Å². The van der Waals surface area contributed by atoms with Crippen molar-refractivity contribution in [2.24, 2.45) is 5.92 Å². The van der Waals surface area contributed by atoms with Gasteiger partial charge in [0.25, 0.3) is 0 Å². The number of aromatic nitrogens is 2. The van der Waals surface area contributed by atoms with Gasteiger partial charge in [-0.3, -0.25) is 4.79 Å². The van der Waals surface area contributed by atoms with Crippen LogP contribution in [0.5, 0.6) is 5.75 Å². The van der Waals surface area contributed by atoms with E-state index >= 15 is 0 Å². The summed E-state index contributed by atoms with van der Waals surface area (Å²) >= 11 is 5.95. The Balaban J connectivity index is 1.34. The lowest BCUT2D eigenvalue weighted by molar-refractivity contribution is -0.120. The second-order valence-corrected chi connectivity index (χ2v) is 7.90. The van der Waals surface area contributed by atoms with Crippen LogP contribution >= 0.6 is 11.6 Å². The van der Waals surface area contributed by atoms with Crippen LogP contribution in [-0.2, 0) is 4.79 Å². The van der Waals surface area contributed by atoms with Crippen LogP contribution in [0, 0.1) is 5.92 Å². The van der Waals surface area contributed by atoms with E-state index in [4.69, 9.17) is 16.3 Å². The SMILES string of the molecule is CCOc1ccccc1NC(=O)C1CCN(c2ccc(-c3ccc(Cl)cc3)nn2)CC1. The molecule has 7 heteroatoms. The average Bonchev–Trinajstić information content (AvgIpc) is 2.81. The molecular weight excluding hydrogens is 412 g/mol. The minimum atomic E-state index is -0.0350. The summed E-state index contributed by atoms with van der Waals surface area (Å²) in [4.78, 5) is 14.9. The van der Waals surface area contributed by atoms with E-state index < -0.39 is 0 Å². The fraction of sp³-hybridized carbons (Fsp3) is 0.292. The number of ether oxygens (including phenoxy) is 1. The maximum Gasteiger partial charge on any atom is 0.227 e. The number of nitrogens with one attached hydrogen (secondary N) is 1. The second kappa shape index (κ2) is 9.79. The zero-order valence-electron chi connectivity index (χ0n) is 17.4. The van der Waals surface area contributed by atoms with Crippen molar-refractivity contribution < 1.29 is 9.53 Å². The highest BCUT2D eigenvalue weighted by Crippen LogP contribution is 2.28. The van der Waals surface area contributed by atoms with E-state index in [9.17, 15) is 4.79 Å². The third-order valence-corrected chi connectivity index (χ3v) is 5.68. The van der Waals surface area contributed by atoms with Gasteiger partial charge in [0, 0.05) is 29.6 Å². The van der Waals surface area contributed by atoms with E-state index in [1.54, 1.807) is 0 Å². The molecule has 3 aromatic rings. The van der Waals surface area contributed by atoms with Crippen molar-refractivity contribution in [1.82, 2.24) is 10.2 Å². The molecule has 4 rings (SSSR count). The molecule has 0 unspecified atom stereocenters. The number of benzene rings is 2. The highest BCUT2D eigenvalue weighted by molar-refractivity contribution is 6.30. The van der Waals surface area contributed by atoms with Gasteiger partial charge in [-0.25, -0.2) is 0 Å². The summed E-state index contributed by atoms with van der Waals surface area (Å²) in [6, 6.07) is 19.0. The molecule has 1 saturated heterocycles. The van der Waals surface area contributed by atoms with Crippen molar-refractivity contribution in [3.8, 4) is 17.0 Å². The highest BCUT2D eigenvalue weighted by Gasteiger charge is 2.26. The predicted octanol–water partition coefficient (Wildman–Crippen LogP) is 5.05. The van der Waals surface area contributed by atoms with Crippen LogP contribution in [0.3, 0.4) is 0 Å². The summed E-state index contributed by atoms with van der Waals surface area (Å²) in [5.74, 6) is 1.54. The van der Waals surface area contributed by atoms with Crippen molar-refractivity contribution in [3.05, 3.63) is 65.7 Å². The molecule has 0 atom stereocenters. The lowest BCUT2D eigenvalue weighted by atomic mass is 9.95. The number of piperidine rings is 1. The third kappa shape index (κ3) is 5.14. The van der Waals surface area contributed by atoms with Crippen LogP contribution in [0.15, 0.2) is 60.7 Å². The summed E-state index contributed by atoms with van der Waals surface area (Å²) in [5.41, 5.74) is 2.51. The largest absolute Gasteiger partial charge is 0.492 e. The molecule has 0 saturated carbocycles. The maximum absolute atomic E-state index is 12.8. The lowest BCUT2D eigenvalue weighted by Crippen LogP contribution is -2.38. The van der Waals surface area contributed by atoms with E-state index in [1.807, 2.05) is 67.6 Å². The molecule has 1 amide bonds. The van der Waals surface area contributed by atoms with Gasteiger partial charge in [-0.2, -0.15) is 0 Å². The van der Waals surface area contributed by atoms with E-state index in [2.05, 4.69) is 20.4 Å². The quantitative estimate of drug-likeness (QED) is 0.585. The fourth-order valence-electron chi connectivity index (χ4n) is 3.73. The van der Waals surface area contributed by atoms with E-state index in [-0.39, 0.29) is 11.8 Å².